The van der Waals surface area contributed by atoms with E-state index in [1.54, 1.807) is 18.4 Å². The molecule has 1 fully saturated rings. The van der Waals surface area contributed by atoms with Crippen LogP contribution in [0.2, 0.25) is 0 Å². The molecule has 0 unspecified atom stereocenters. The van der Waals surface area contributed by atoms with Gasteiger partial charge < -0.3 is 9.64 Å². The van der Waals surface area contributed by atoms with E-state index >= 15 is 0 Å². The molecule has 1 N–H and O–H groups in total. The lowest BCUT2D eigenvalue weighted by Gasteiger charge is -2.42. The third-order valence-electron chi connectivity index (χ3n) is 5.91. The smallest absolute Gasteiger partial charge is 0.240 e. The normalized spacial score (nSPS) is 17.0. The van der Waals surface area contributed by atoms with E-state index in [4.69, 9.17) is 4.74 Å². The van der Waals surface area contributed by atoms with E-state index in [-0.39, 0.29) is 17.0 Å². The Kier molecular flexibility index (Phi) is 7.33. The van der Waals surface area contributed by atoms with E-state index in [1.165, 1.54) is 12.1 Å². The second-order valence-electron chi connectivity index (χ2n) is 8.02. The Morgan fingerprint density at radius 1 is 1.00 bits per heavy atom. The lowest BCUT2D eigenvalue weighted by atomic mass is 10.1. The van der Waals surface area contributed by atoms with Crippen LogP contribution in [0.25, 0.3) is 0 Å². The summed E-state index contributed by atoms with van der Waals surface area (Å²) in [5, 5.41) is 2.01. The van der Waals surface area contributed by atoms with E-state index in [0.717, 1.165) is 54.6 Å². The number of rotatable bonds is 8. The topological polar surface area (TPSA) is 61.9 Å². The molecule has 2 aromatic carbocycles. The van der Waals surface area contributed by atoms with Gasteiger partial charge in [0.15, 0.2) is 0 Å². The van der Waals surface area contributed by atoms with Gasteiger partial charge in [0.2, 0.25) is 10.0 Å². The maximum atomic E-state index is 13.3. The number of benzene rings is 2. The Morgan fingerprint density at radius 2 is 1.70 bits per heavy atom. The Balaban J connectivity index is 1.51. The quantitative estimate of drug-likeness (QED) is 0.516. The summed E-state index contributed by atoms with van der Waals surface area (Å²) in [6.07, 6.45) is 0. The number of para-hydroxylation sites is 2. The Hall–Kier alpha value is -2.46. The van der Waals surface area contributed by atoms with Crippen molar-refractivity contribution in [2.75, 3.05) is 38.2 Å². The minimum absolute atomic E-state index is 0.0571. The number of sulfonamides is 1. The summed E-state index contributed by atoms with van der Waals surface area (Å²) < 4.78 is 47.5. The highest BCUT2D eigenvalue weighted by atomic mass is 32.2. The zero-order valence-corrected chi connectivity index (χ0v) is 20.3. The molecule has 4 rings (SSSR count). The van der Waals surface area contributed by atoms with Crippen LogP contribution in [-0.2, 0) is 10.0 Å². The standard InChI is InChI=1S/C24H28FN3O3S2/c1-18(26-33(29,30)20-11-9-19(25)10-12-20)24(23-8-5-17-32-23)28-15-13-27(14-16-28)21-6-3-4-7-22(21)31-2/h3-12,17-18,24,26H,13-16H2,1-2H3/t18-,24-/m0/s1. The van der Waals surface area contributed by atoms with Crippen molar-refractivity contribution >= 4 is 27.0 Å². The molecule has 2 atom stereocenters. The molecule has 0 saturated carbocycles. The maximum absolute atomic E-state index is 13.3. The fraction of sp³-hybridized carbons (Fsp3) is 0.333. The first-order chi connectivity index (χ1) is 15.9. The van der Waals surface area contributed by atoms with Crippen LogP contribution in [0.15, 0.2) is 70.9 Å². The number of hydrogen-bond acceptors (Lipinski definition) is 6. The minimum atomic E-state index is -3.78. The number of halogens is 1. The summed E-state index contributed by atoms with van der Waals surface area (Å²) in [7, 11) is -2.10. The van der Waals surface area contributed by atoms with Gasteiger partial charge >= 0.3 is 0 Å². The van der Waals surface area contributed by atoms with Gasteiger partial charge in [0, 0.05) is 37.1 Å². The van der Waals surface area contributed by atoms with Gasteiger partial charge in [-0.1, -0.05) is 18.2 Å². The fourth-order valence-electron chi connectivity index (χ4n) is 4.33. The van der Waals surface area contributed by atoms with Crippen LogP contribution >= 0.6 is 11.3 Å². The van der Waals surface area contributed by atoms with Crippen LogP contribution in [-0.4, -0.2) is 52.6 Å². The average Bonchev–Trinajstić information content (AvgIpc) is 3.34. The third-order valence-corrected chi connectivity index (χ3v) is 8.42. The van der Waals surface area contributed by atoms with Gasteiger partial charge in [0.25, 0.3) is 0 Å². The number of ether oxygens (including phenoxy) is 1. The highest BCUT2D eigenvalue weighted by Crippen LogP contribution is 2.33. The lowest BCUT2D eigenvalue weighted by molar-refractivity contribution is 0.163. The molecule has 1 aromatic heterocycles. The number of nitrogens with zero attached hydrogens (tertiary/aromatic N) is 2. The molecule has 0 amide bonds. The van der Waals surface area contributed by atoms with Crippen molar-refractivity contribution < 1.29 is 17.5 Å². The molecule has 1 aliphatic rings. The zero-order valence-electron chi connectivity index (χ0n) is 18.6. The SMILES string of the molecule is COc1ccccc1N1CCN([C@H](c2cccs2)[C@H](C)NS(=O)(=O)c2ccc(F)cc2)CC1. The van der Waals surface area contributed by atoms with Crippen molar-refractivity contribution in [2.24, 2.45) is 0 Å². The first-order valence-electron chi connectivity index (χ1n) is 10.8. The summed E-state index contributed by atoms with van der Waals surface area (Å²) >= 11 is 1.62. The van der Waals surface area contributed by atoms with Crippen LogP contribution in [0, 0.1) is 5.82 Å². The molecule has 3 aromatic rings. The van der Waals surface area contributed by atoms with Gasteiger partial charge in [0.1, 0.15) is 11.6 Å². The van der Waals surface area contributed by atoms with Crippen molar-refractivity contribution in [3.8, 4) is 5.75 Å². The summed E-state index contributed by atoms with van der Waals surface area (Å²) in [4.78, 5) is 5.79. The first kappa shape index (κ1) is 23.7. The molecule has 6 nitrogen and oxygen atoms in total. The Morgan fingerprint density at radius 3 is 2.33 bits per heavy atom. The Bertz CT molecular complexity index is 1150. The molecule has 1 aliphatic heterocycles. The summed E-state index contributed by atoms with van der Waals surface area (Å²) in [5.41, 5.74) is 1.07. The predicted octanol–water partition coefficient (Wildman–Crippen LogP) is 4.13. The molecule has 1 saturated heterocycles. The zero-order chi connectivity index (χ0) is 23.4. The number of nitrogens with one attached hydrogen (secondary N) is 1. The van der Waals surface area contributed by atoms with Crippen molar-refractivity contribution in [3.63, 3.8) is 0 Å². The first-order valence-corrected chi connectivity index (χ1v) is 13.2. The number of hydrogen-bond donors (Lipinski definition) is 1. The molecule has 2 heterocycles. The molecular formula is C24H28FN3O3S2. The monoisotopic (exact) mass is 489 g/mol. The van der Waals surface area contributed by atoms with Gasteiger partial charge in [-0.15, -0.1) is 11.3 Å². The highest BCUT2D eigenvalue weighted by Gasteiger charge is 2.33. The lowest BCUT2D eigenvalue weighted by Crippen LogP contribution is -2.52. The van der Waals surface area contributed by atoms with Crippen LogP contribution < -0.4 is 14.4 Å². The predicted molar refractivity (Wildman–Crippen MR) is 130 cm³/mol. The molecule has 0 spiro atoms. The van der Waals surface area contributed by atoms with Crippen molar-refractivity contribution in [1.82, 2.24) is 9.62 Å². The van der Waals surface area contributed by atoms with Gasteiger partial charge in [-0.2, -0.15) is 0 Å². The van der Waals surface area contributed by atoms with Gasteiger partial charge in [0.05, 0.1) is 23.7 Å². The summed E-state index contributed by atoms with van der Waals surface area (Å²) in [6.45, 7) is 5.06. The van der Waals surface area contributed by atoms with Crippen LogP contribution in [0.3, 0.4) is 0 Å². The summed E-state index contributed by atoms with van der Waals surface area (Å²) in [5.74, 6) is 0.382. The fourth-order valence-corrected chi connectivity index (χ4v) is 6.54. The number of piperazine rings is 1. The molecular weight excluding hydrogens is 461 g/mol. The van der Waals surface area contributed by atoms with Crippen LogP contribution in [0.4, 0.5) is 10.1 Å². The van der Waals surface area contributed by atoms with Crippen molar-refractivity contribution in [2.45, 2.75) is 23.9 Å². The Labute approximate surface area is 198 Å². The maximum Gasteiger partial charge on any atom is 0.240 e. The van der Waals surface area contributed by atoms with E-state index in [9.17, 15) is 12.8 Å². The molecule has 0 aliphatic carbocycles. The van der Waals surface area contributed by atoms with Gasteiger partial charge in [-0.25, -0.2) is 17.5 Å². The second-order valence-corrected chi connectivity index (χ2v) is 10.7. The number of thiophene rings is 1. The second kappa shape index (κ2) is 10.2. The van der Waals surface area contributed by atoms with Gasteiger partial charge in [-0.3, -0.25) is 4.90 Å². The molecule has 33 heavy (non-hydrogen) atoms. The molecule has 9 heteroatoms. The van der Waals surface area contributed by atoms with E-state index < -0.39 is 15.8 Å². The largest absolute Gasteiger partial charge is 0.495 e. The third kappa shape index (κ3) is 5.38. The number of methoxy groups -OCH3 is 1. The van der Waals surface area contributed by atoms with E-state index in [1.807, 2.05) is 42.6 Å². The van der Waals surface area contributed by atoms with E-state index in [2.05, 4.69) is 20.6 Å². The van der Waals surface area contributed by atoms with Crippen LogP contribution in [0.5, 0.6) is 5.75 Å². The van der Waals surface area contributed by atoms with Crippen molar-refractivity contribution in [3.05, 3.63) is 76.7 Å². The van der Waals surface area contributed by atoms with Crippen LogP contribution in [0.1, 0.15) is 17.8 Å². The summed E-state index contributed by atoms with van der Waals surface area (Å²) in [6, 6.07) is 16.4. The van der Waals surface area contributed by atoms with Gasteiger partial charge in [-0.05, 0) is 54.8 Å². The molecule has 176 valence electrons. The molecule has 0 bridgehead atoms. The average molecular weight is 490 g/mol. The van der Waals surface area contributed by atoms with Crippen molar-refractivity contribution in [1.29, 1.82) is 0 Å². The minimum Gasteiger partial charge on any atom is -0.495 e. The highest BCUT2D eigenvalue weighted by molar-refractivity contribution is 7.89. The number of anilines is 1. The van der Waals surface area contributed by atoms with E-state index in [0.29, 0.717) is 0 Å². The molecule has 0 radical (unpaired) electrons.